The van der Waals surface area contributed by atoms with Crippen LogP contribution in [0, 0.1) is 5.92 Å². The van der Waals surface area contributed by atoms with Crippen molar-refractivity contribution in [3.63, 3.8) is 0 Å². The molecule has 0 rings (SSSR count). The lowest BCUT2D eigenvalue weighted by atomic mass is 10.3. The Morgan fingerprint density at radius 2 is 2.00 bits per heavy atom. The second-order valence-corrected chi connectivity index (χ2v) is 5.24. The first-order valence-electron chi connectivity index (χ1n) is 3.19. The summed E-state index contributed by atoms with van der Waals surface area (Å²) >= 11 is -0.739. The minimum absolute atomic E-state index is 0.739. The SMILES string of the molecule is C[O][Al]([CH3])[CH2]C(C)C. The summed E-state index contributed by atoms with van der Waals surface area (Å²) in [6, 6.07) is 0. The molecule has 0 aliphatic rings. The Balaban J connectivity index is 3.10. The lowest BCUT2D eigenvalue weighted by molar-refractivity contribution is 0.417. The molecule has 0 aliphatic carbocycles. The van der Waals surface area contributed by atoms with Crippen molar-refractivity contribution >= 4 is 14.5 Å². The average molecular weight is 130 g/mol. The van der Waals surface area contributed by atoms with Gasteiger partial charge in [-0.25, -0.2) is 0 Å². The zero-order chi connectivity index (χ0) is 6.57. The van der Waals surface area contributed by atoms with Gasteiger partial charge in [0.2, 0.25) is 0 Å². The molecule has 2 heteroatoms. The molecule has 0 aliphatic heterocycles. The zero-order valence-electron chi connectivity index (χ0n) is 6.27. The van der Waals surface area contributed by atoms with Crippen molar-refractivity contribution in [2.24, 2.45) is 5.92 Å². The highest BCUT2D eigenvalue weighted by atomic mass is 27.2. The monoisotopic (exact) mass is 130 g/mol. The van der Waals surface area contributed by atoms with Gasteiger partial charge in [-0.1, -0.05) is 30.8 Å². The highest BCUT2D eigenvalue weighted by Gasteiger charge is 2.11. The molecule has 0 amide bonds. The lowest BCUT2D eigenvalue weighted by Crippen LogP contribution is -2.12. The van der Waals surface area contributed by atoms with Crippen LogP contribution >= 0.6 is 0 Å². The molecule has 0 unspecified atom stereocenters. The van der Waals surface area contributed by atoms with Gasteiger partial charge in [-0.05, 0) is 0 Å². The molecule has 8 heavy (non-hydrogen) atoms. The molecular weight excluding hydrogens is 115 g/mol. The summed E-state index contributed by atoms with van der Waals surface area (Å²) in [4.78, 5) is 0. The third-order valence-corrected chi connectivity index (χ3v) is 3.62. The van der Waals surface area contributed by atoms with E-state index in [-0.39, 0.29) is 0 Å². The molecule has 0 atom stereocenters. The van der Waals surface area contributed by atoms with Crippen LogP contribution in [0.3, 0.4) is 0 Å². The van der Waals surface area contributed by atoms with Gasteiger partial charge in [0.05, 0.1) is 0 Å². The molecule has 1 nitrogen and oxygen atoms in total. The summed E-state index contributed by atoms with van der Waals surface area (Å²) < 4.78 is 5.20. The van der Waals surface area contributed by atoms with E-state index < -0.39 is 14.5 Å². The predicted molar refractivity (Wildman–Crippen MR) is 38.3 cm³/mol. The summed E-state index contributed by atoms with van der Waals surface area (Å²) in [6.45, 7) is 4.48. The molecule has 0 saturated heterocycles. The van der Waals surface area contributed by atoms with Crippen LogP contribution in [0.1, 0.15) is 13.8 Å². The molecule has 0 saturated carbocycles. The second-order valence-electron chi connectivity index (χ2n) is 2.68. The van der Waals surface area contributed by atoms with E-state index in [1.54, 1.807) is 0 Å². The van der Waals surface area contributed by atoms with E-state index in [0.29, 0.717) is 0 Å². The molecule has 0 fully saturated rings. The summed E-state index contributed by atoms with van der Waals surface area (Å²) in [7, 11) is 1.82. The smallest absolute Gasteiger partial charge is 0.457 e. The van der Waals surface area contributed by atoms with Crippen molar-refractivity contribution in [1.82, 2.24) is 0 Å². The van der Waals surface area contributed by atoms with E-state index in [9.17, 15) is 0 Å². The highest BCUT2D eigenvalue weighted by molar-refractivity contribution is 6.50. The summed E-state index contributed by atoms with van der Waals surface area (Å²) in [5.41, 5.74) is 0. The van der Waals surface area contributed by atoms with E-state index in [0.717, 1.165) is 5.92 Å². The van der Waals surface area contributed by atoms with Crippen LogP contribution in [-0.2, 0) is 3.79 Å². The van der Waals surface area contributed by atoms with Gasteiger partial charge < -0.3 is 3.79 Å². The standard InChI is InChI=1S/C4H9.CH3O.CH3.Al/c1-4(2)3;1-2;;/h4H,1H2,2-3H3;1H3;1H3;/q;-1;;+1. The number of hydrogen-bond donors (Lipinski definition) is 0. The van der Waals surface area contributed by atoms with Crippen LogP contribution in [0.4, 0.5) is 0 Å². The van der Waals surface area contributed by atoms with Crippen molar-refractivity contribution in [2.45, 2.75) is 24.9 Å². The Bertz CT molecular complexity index is 54.5. The molecule has 0 spiro atoms. The van der Waals surface area contributed by atoms with Gasteiger partial charge in [-0.3, -0.25) is 0 Å². The van der Waals surface area contributed by atoms with E-state index in [1.807, 2.05) is 7.11 Å². The van der Waals surface area contributed by atoms with E-state index in [4.69, 9.17) is 3.79 Å². The van der Waals surface area contributed by atoms with Gasteiger partial charge in [0.25, 0.3) is 0 Å². The number of hydrogen-bond acceptors (Lipinski definition) is 1. The predicted octanol–water partition coefficient (Wildman–Crippen LogP) is 1.91. The van der Waals surface area contributed by atoms with E-state index in [1.165, 1.54) is 5.28 Å². The van der Waals surface area contributed by atoms with Gasteiger partial charge in [-0.15, -0.1) is 0 Å². The Morgan fingerprint density at radius 1 is 1.50 bits per heavy atom. The second kappa shape index (κ2) is 4.38. The third-order valence-electron chi connectivity index (χ3n) is 1.21. The lowest BCUT2D eigenvalue weighted by Gasteiger charge is -2.04. The summed E-state index contributed by atoms with van der Waals surface area (Å²) in [5.74, 6) is 3.05. The molecule has 0 aromatic carbocycles. The quantitative estimate of drug-likeness (QED) is 0.530. The first kappa shape index (κ1) is 8.49. The van der Waals surface area contributed by atoms with Crippen LogP contribution < -0.4 is 0 Å². The minimum atomic E-state index is -0.739. The van der Waals surface area contributed by atoms with Gasteiger partial charge >= 0.3 is 14.5 Å². The van der Waals surface area contributed by atoms with Gasteiger partial charge in [0, 0.05) is 7.11 Å². The van der Waals surface area contributed by atoms with Crippen molar-refractivity contribution < 1.29 is 3.79 Å². The number of rotatable bonds is 3. The van der Waals surface area contributed by atoms with Crippen molar-refractivity contribution in [1.29, 1.82) is 0 Å². The van der Waals surface area contributed by atoms with Gasteiger partial charge in [0.1, 0.15) is 0 Å². The normalized spacial score (nSPS) is 10.1. The molecule has 0 N–H and O–H groups in total. The topological polar surface area (TPSA) is 9.23 Å². The maximum Gasteiger partial charge on any atom is 0.457 e. The van der Waals surface area contributed by atoms with Crippen molar-refractivity contribution in [3.05, 3.63) is 0 Å². The van der Waals surface area contributed by atoms with E-state index >= 15 is 0 Å². The van der Waals surface area contributed by atoms with Crippen LogP contribution in [0.2, 0.25) is 11.1 Å². The van der Waals surface area contributed by atoms with Gasteiger partial charge in [-0.2, -0.15) is 0 Å². The first-order chi connectivity index (χ1) is 3.66. The minimum Gasteiger partial charge on any atom is -0.503 e. The Morgan fingerprint density at radius 3 is 2.12 bits per heavy atom. The molecule has 0 aromatic heterocycles. The fourth-order valence-corrected chi connectivity index (χ4v) is 2.28. The van der Waals surface area contributed by atoms with Gasteiger partial charge in [0.15, 0.2) is 0 Å². The Kier molecular flexibility index (Phi) is 4.65. The van der Waals surface area contributed by atoms with Crippen LogP contribution in [0.15, 0.2) is 0 Å². The third kappa shape index (κ3) is 4.65. The maximum absolute atomic E-state index is 5.20. The molecule has 0 heterocycles. The molecule has 0 bridgehead atoms. The summed E-state index contributed by atoms with van der Waals surface area (Å²) in [6.07, 6.45) is 0. The molecule has 0 radical (unpaired) electrons. The average Bonchev–Trinajstić information content (AvgIpc) is 1.65. The molecule has 0 aromatic rings. The highest BCUT2D eigenvalue weighted by Crippen LogP contribution is 2.04. The van der Waals surface area contributed by atoms with Crippen LogP contribution in [-0.4, -0.2) is 21.6 Å². The summed E-state index contributed by atoms with van der Waals surface area (Å²) in [5, 5.41) is 1.30. The van der Waals surface area contributed by atoms with Crippen molar-refractivity contribution in [3.8, 4) is 0 Å². The van der Waals surface area contributed by atoms with Crippen LogP contribution in [0.5, 0.6) is 0 Å². The Hall–Kier alpha value is 0.492. The largest absolute Gasteiger partial charge is 0.503 e. The first-order valence-corrected chi connectivity index (χ1v) is 5.64. The molecule has 48 valence electrons. The maximum atomic E-state index is 5.20. The van der Waals surface area contributed by atoms with E-state index in [2.05, 4.69) is 19.6 Å². The van der Waals surface area contributed by atoms with Crippen molar-refractivity contribution in [2.75, 3.05) is 7.11 Å². The zero-order valence-corrected chi connectivity index (χ0v) is 7.42. The fourth-order valence-electron chi connectivity index (χ4n) is 0.760. The fraction of sp³-hybridized carbons (Fsp3) is 1.00. The Labute approximate surface area is 56.8 Å². The van der Waals surface area contributed by atoms with Crippen LogP contribution in [0.25, 0.3) is 0 Å². The molecular formula is C6H15AlO.